The molecule has 0 radical (unpaired) electrons. The van der Waals surface area contributed by atoms with E-state index in [1.807, 2.05) is 30.0 Å². The first-order chi connectivity index (χ1) is 11.7. The van der Waals surface area contributed by atoms with Gasteiger partial charge in [0, 0.05) is 25.0 Å². The molecule has 0 aliphatic carbocycles. The van der Waals surface area contributed by atoms with E-state index in [1.165, 1.54) is 0 Å². The van der Waals surface area contributed by atoms with Crippen molar-refractivity contribution >= 4 is 16.8 Å². The smallest absolute Gasteiger partial charge is 0.270 e. The Balaban J connectivity index is 2.53. The van der Waals surface area contributed by atoms with Gasteiger partial charge in [-0.05, 0) is 44.4 Å². The number of nitrogens with zero attached hydrogens (tertiary/aromatic N) is 2. The van der Waals surface area contributed by atoms with Gasteiger partial charge in [-0.25, -0.2) is 0 Å². The van der Waals surface area contributed by atoms with Crippen molar-refractivity contribution in [3.63, 3.8) is 0 Å². The van der Waals surface area contributed by atoms with E-state index in [2.05, 4.69) is 31.4 Å². The highest BCUT2D eigenvalue weighted by Crippen LogP contribution is 2.30. The maximum Gasteiger partial charge on any atom is 0.270 e. The van der Waals surface area contributed by atoms with Crippen LogP contribution in [0.25, 0.3) is 10.9 Å². The van der Waals surface area contributed by atoms with Crippen molar-refractivity contribution < 1.29 is 9.53 Å². The zero-order valence-electron chi connectivity index (χ0n) is 15.5. The van der Waals surface area contributed by atoms with Gasteiger partial charge in [0.05, 0.1) is 12.1 Å². The van der Waals surface area contributed by atoms with Gasteiger partial charge in [0.2, 0.25) is 0 Å². The van der Waals surface area contributed by atoms with Gasteiger partial charge in [0.25, 0.3) is 5.91 Å². The van der Waals surface area contributed by atoms with E-state index in [-0.39, 0.29) is 5.91 Å². The number of ether oxygens (including phenoxy) is 1. The summed E-state index contributed by atoms with van der Waals surface area (Å²) in [5.74, 6) is 0.988. The van der Waals surface area contributed by atoms with Gasteiger partial charge in [-0.15, -0.1) is 0 Å². The molecular weight excluding hydrogens is 300 g/mol. The summed E-state index contributed by atoms with van der Waals surface area (Å²) < 4.78 is 7.91. The fourth-order valence-corrected chi connectivity index (χ4v) is 3.20. The Morgan fingerprint density at radius 1 is 1.08 bits per heavy atom. The minimum absolute atomic E-state index is 0.130. The highest BCUT2D eigenvalue weighted by molar-refractivity contribution is 6.00. The van der Waals surface area contributed by atoms with Crippen molar-refractivity contribution in [3.8, 4) is 5.75 Å². The summed E-state index contributed by atoms with van der Waals surface area (Å²) in [6.07, 6.45) is 2.94. The van der Waals surface area contributed by atoms with Crippen LogP contribution in [0.2, 0.25) is 0 Å². The Morgan fingerprint density at radius 2 is 1.79 bits per heavy atom. The van der Waals surface area contributed by atoms with Crippen LogP contribution in [-0.2, 0) is 6.54 Å². The molecule has 0 N–H and O–H groups in total. The second kappa shape index (κ2) is 8.76. The fraction of sp³-hybridized carbons (Fsp3) is 0.550. The summed E-state index contributed by atoms with van der Waals surface area (Å²) in [4.78, 5) is 15.1. The third-order valence-corrected chi connectivity index (χ3v) is 4.15. The molecule has 4 nitrogen and oxygen atoms in total. The standard InChI is InChI=1S/C20H30N2O2/c1-5-12-21(13-6-2)20(23)18-15-16-17(22(18)14-7-3)10-9-11-19(16)24-8-4/h9-11,15H,5-8,12-14H2,1-4H3. The quantitative estimate of drug-likeness (QED) is 0.667. The third-order valence-electron chi connectivity index (χ3n) is 4.15. The second-order valence-corrected chi connectivity index (χ2v) is 6.10. The molecule has 0 saturated heterocycles. The molecule has 1 heterocycles. The minimum atomic E-state index is 0.130. The maximum atomic E-state index is 13.1. The lowest BCUT2D eigenvalue weighted by Gasteiger charge is -2.22. The van der Waals surface area contributed by atoms with Gasteiger partial charge in [-0.2, -0.15) is 0 Å². The van der Waals surface area contributed by atoms with Gasteiger partial charge in [0.1, 0.15) is 11.4 Å². The van der Waals surface area contributed by atoms with E-state index in [9.17, 15) is 4.79 Å². The highest BCUT2D eigenvalue weighted by Gasteiger charge is 2.21. The van der Waals surface area contributed by atoms with E-state index in [0.29, 0.717) is 6.61 Å². The number of carbonyl (C=O) groups excluding carboxylic acids is 1. The average molecular weight is 330 g/mol. The van der Waals surface area contributed by atoms with Gasteiger partial charge in [0.15, 0.2) is 0 Å². The normalized spacial score (nSPS) is 11.0. The lowest BCUT2D eigenvalue weighted by molar-refractivity contribution is 0.0745. The zero-order valence-corrected chi connectivity index (χ0v) is 15.5. The molecule has 24 heavy (non-hydrogen) atoms. The largest absolute Gasteiger partial charge is 0.493 e. The molecule has 0 unspecified atom stereocenters. The van der Waals surface area contributed by atoms with Crippen molar-refractivity contribution in [2.45, 2.75) is 53.5 Å². The first-order valence-electron chi connectivity index (χ1n) is 9.22. The molecule has 2 aromatic rings. The van der Waals surface area contributed by atoms with Crippen LogP contribution in [-0.4, -0.2) is 35.1 Å². The molecule has 132 valence electrons. The van der Waals surface area contributed by atoms with Crippen molar-refractivity contribution in [2.24, 2.45) is 0 Å². The number of carbonyl (C=O) groups is 1. The van der Waals surface area contributed by atoms with E-state index >= 15 is 0 Å². The molecule has 1 aromatic heterocycles. The molecule has 0 saturated carbocycles. The van der Waals surface area contributed by atoms with Gasteiger partial charge in [-0.3, -0.25) is 4.79 Å². The molecule has 1 aromatic carbocycles. The average Bonchev–Trinajstić information content (AvgIpc) is 2.94. The van der Waals surface area contributed by atoms with Crippen LogP contribution in [0.15, 0.2) is 24.3 Å². The topological polar surface area (TPSA) is 34.5 Å². The molecule has 0 aliphatic rings. The number of fused-ring (bicyclic) bond motifs is 1. The third kappa shape index (κ3) is 3.74. The van der Waals surface area contributed by atoms with Crippen LogP contribution in [0, 0.1) is 0 Å². The summed E-state index contributed by atoms with van der Waals surface area (Å²) in [6.45, 7) is 11.4. The van der Waals surface area contributed by atoms with Gasteiger partial charge < -0.3 is 14.2 Å². The van der Waals surface area contributed by atoms with E-state index < -0.39 is 0 Å². The first-order valence-corrected chi connectivity index (χ1v) is 9.22. The predicted molar refractivity (Wildman–Crippen MR) is 99.9 cm³/mol. The lowest BCUT2D eigenvalue weighted by atomic mass is 10.2. The van der Waals surface area contributed by atoms with Crippen molar-refractivity contribution in [2.75, 3.05) is 19.7 Å². The summed E-state index contributed by atoms with van der Waals surface area (Å²) >= 11 is 0. The number of aryl methyl sites for hydroxylation is 1. The van der Waals surface area contributed by atoms with E-state index in [1.54, 1.807) is 0 Å². The first kappa shape index (κ1) is 18.4. The second-order valence-electron chi connectivity index (χ2n) is 6.10. The number of hydrogen-bond acceptors (Lipinski definition) is 2. The number of rotatable bonds is 9. The predicted octanol–water partition coefficient (Wildman–Crippen LogP) is 4.71. The Kier molecular flexibility index (Phi) is 6.71. The SMILES string of the molecule is CCCN(CCC)C(=O)c1cc2c(OCC)cccc2n1CCC. The molecule has 0 fully saturated rings. The van der Waals surface area contributed by atoms with Crippen LogP contribution in [0.3, 0.4) is 0 Å². The molecule has 2 rings (SSSR count). The molecule has 0 aliphatic heterocycles. The summed E-state index contributed by atoms with van der Waals surface area (Å²) in [7, 11) is 0. The Hall–Kier alpha value is -1.97. The summed E-state index contributed by atoms with van der Waals surface area (Å²) in [6, 6.07) is 8.07. The van der Waals surface area contributed by atoms with Crippen LogP contribution in [0.1, 0.15) is 57.4 Å². The summed E-state index contributed by atoms with van der Waals surface area (Å²) in [5.41, 5.74) is 1.86. The minimum Gasteiger partial charge on any atom is -0.493 e. The van der Waals surface area contributed by atoms with Gasteiger partial charge >= 0.3 is 0 Å². The monoisotopic (exact) mass is 330 g/mol. The lowest BCUT2D eigenvalue weighted by Crippen LogP contribution is -2.33. The van der Waals surface area contributed by atoms with Crippen LogP contribution in [0.5, 0.6) is 5.75 Å². The summed E-state index contributed by atoms with van der Waals surface area (Å²) in [5, 5.41) is 1.03. The van der Waals surface area contributed by atoms with Crippen molar-refractivity contribution in [1.82, 2.24) is 9.47 Å². The van der Waals surface area contributed by atoms with E-state index in [0.717, 1.165) is 61.2 Å². The number of amides is 1. The van der Waals surface area contributed by atoms with Crippen LogP contribution >= 0.6 is 0 Å². The zero-order chi connectivity index (χ0) is 17.5. The Morgan fingerprint density at radius 3 is 2.38 bits per heavy atom. The van der Waals surface area contributed by atoms with Crippen molar-refractivity contribution in [3.05, 3.63) is 30.0 Å². The molecular formula is C20H30N2O2. The Labute approximate surface area is 145 Å². The number of hydrogen-bond donors (Lipinski definition) is 0. The highest BCUT2D eigenvalue weighted by atomic mass is 16.5. The molecule has 4 heteroatoms. The van der Waals surface area contributed by atoms with Crippen LogP contribution < -0.4 is 4.74 Å². The molecule has 0 atom stereocenters. The number of benzene rings is 1. The number of aromatic nitrogens is 1. The molecule has 0 spiro atoms. The molecule has 0 bridgehead atoms. The fourth-order valence-electron chi connectivity index (χ4n) is 3.20. The van der Waals surface area contributed by atoms with Crippen LogP contribution in [0.4, 0.5) is 0 Å². The molecule has 1 amide bonds. The van der Waals surface area contributed by atoms with Gasteiger partial charge in [-0.1, -0.05) is 26.8 Å². The van der Waals surface area contributed by atoms with Crippen molar-refractivity contribution in [1.29, 1.82) is 0 Å². The maximum absolute atomic E-state index is 13.1. The van der Waals surface area contributed by atoms with E-state index in [4.69, 9.17) is 4.74 Å². The Bertz CT molecular complexity index is 670.